The lowest BCUT2D eigenvalue weighted by Gasteiger charge is -2.15. The zero-order chi connectivity index (χ0) is 20.6. The Hall–Kier alpha value is -3.53. The first kappa shape index (κ1) is 18.8. The Balaban J connectivity index is 1.41. The summed E-state index contributed by atoms with van der Waals surface area (Å²) < 4.78 is 31.7. The molecule has 0 radical (unpaired) electrons. The van der Waals surface area contributed by atoms with Crippen LogP contribution in [0.5, 0.6) is 0 Å². The number of nitrogens with zero attached hydrogens (tertiary/aromatic N) is 3. The number of hydrogen-bond acceptors (Lipinski definition) is 7. The van der Waals surface area contributed by atoms with E-state index in [1.807, 2.05) is 0 Å². The summed E-state index contributed by atoms with van der Waals surface area (Å²) in [7, 11) is -3.96. The van der Waals surface area contributed by atoms with Crippen LogP contribution in [0.25, 0.3) is 10.9 Å². The quantitative estimate of drug-likeness (QED) is 0.568. The van der Waals surface area contributed by atoms with Crippen LogP contribution in [-0.2, 0) is 26.1 Å². The minimum absolute atomic E-state index is 0.0647. The van der Waals surface area contributed by atoms with Gasteiger partial charge < -0.3 is 4.74 Å². The normalized spacial score (nSPS) is 14.8. The zero-order valence-electron chi connectivity index (χ0n) is 15.0. The van der Waals surface area contributed by atoms with Gasteiger partial charge in [0.1, 0.15) is 18.0 Å². The summed E-state index contributed by atoms with van der Waals surface area (Å²) in [6, 6.07) is 12.6. The second-order valence-corrected chi connectivity index (χ2v) is 8.12. The number of ether oxygens (including phenoxy) is 1. The number of rotatable bonds is 5. The number of hydrogen-bond donors (Lipinski definition) is 0. The highest BCUT2D eigenvalue weighted by Crippen LogP contribution is 2.29. The van der Waals surface area contributed by atoms with Crippen LogP contribution in [0.3, 0.4) is 0 Å². The molecule has 29 heavy (non-hydrogen) atoms. The van der Waals surface area contributed by atoms with Gasteiger partial charge in [0, 0.05) is 0 Å². The third-order valence-corrected chi connectivity index (χ3v) is 6.34. The van der Waals surface area contributed by atoms with E-state index >= 15 is 0 Å². The Bertz CT molecular complexity index is 1300. The molecule has 1 aliphatic heterocycles. The van der Waals surface area contributed by atoms with Gasteiger partial charge in [0.05, 0.1) is 29.3 Å². The van der Waals surface area contributed by atoms with Crippen LogP contribution in [0.15, 0.2) is 64.5 Å². The molecule has 0 saturated carbocycles. The van der Waals surface area contributed by atoms with Crippen molar-refractivity contribution in [3.8, 4) is 0 Å². The number of sulfonamides is 1. The second-order valence-electron chi connectivity index (χ2n) is 6.29. The molecule has 1 aliphatic rings. The molecule has 0 spiro atoms. The first-order valence-corrected chi connectivity index (χ1v) is 10.1. The molecule has 1 amide bonds. The minimum Gasteiger partial charge on any atom is -0.462 e. The Morgan fingerprint density at radius 3 is 2.55 bits per heavy atom. The number of para-hydroxylation sites is 1. The summed E-state index contributed by atoms with van der Waals surface area (Å²) in [5, 5.41) is 0.370. The number of amides is 1. The molecule has 0 unspecified atom stereocenters. The van der Waals surface area contributed by atoms with Crippen LogP contribution >= 0.6 is 0 Å². The largest absolute Gasteiger partial charge is 0.462 e. The average molecular weight is 413 g/mol. The SMILES string of the molecule is O=C(Cn1cnc2ccccc2c1=O)OCCN1C(=O)c2ccccc2S1(=O)=O. The minimum atomic E-state index is -3.96. The molecule has 2 heterocycles. The summed E-state index contributed by atoms with van der Waals surface area (Å²) in [6.07, 6.45) is 1.25. The summed E-state index contributed by atoms with van der Waals surface area (Å²) in [4.78, 5) is 40.8. The van der Waals surface area contributed by atoms with Crippen molar-refractivity contribution in [3.05, 3.63) is 70.8 Å². The molecule has 0 atom stereocenters. The summed E-state index contributed by atoms with van der Waals surface area (Å²) in [6.45, 7) is -1.02. The molecule has 9 nitrogen and oxygen atoms in total. The van der Waals surface area contributed by atoms with E-state index < -0.39 is 21.9 Å². The van der Waals surface area contributed by atoms with E-state index in [1.54, 1.807) is 30.3 Å². The molecule has 4 rings (SSSR count). The number of esters is 1. The molecule has 3 aromatic rings. The van der Waals surface area contributed by atoms with Gasteiger partial charge in [-0.25, -0.2) is 17.7 Å². The van der Waals surface area contributed by atoms with Gasteiger partial charge in [-0.15, -0.1) is 0 Å². The predicted octanol–water partition coefficient (Wildman–Crippen LogP) is 0.784. The summed E-state index contributed by atoms with van der Waals surface area (Å²) in [5.41, 5.74) is 0.215. The van der Waals surface area contributed by atoms with Gasteiger partial charge in [0.2, 0.25) is 0 Å². The molecular weight excluding hydrogens is 398 g/mol. The van der Waals surface area contributed by atoms with Crippen LogP contribution in [0, 0.1) is 0 Å². The van der Waals surface area contributed by atoms with Crippen LogP contribution < -0.4 is 5.56 Å². The fourth-order valence-corrected chi connectivity index (χ4v) is 4.65. The zero-order valence-corrected chi connectivity index (χ0v) is 15.8. The molecule has 2 aromatic carbocycles. The smallest absolute Gasteiger partial charge is 0.326 e. The van der Waals surface area contributed by atoms with E-state index in [-0.39, 0.29) is 35.7 Å². The first-order chi connectivity index (χ1) is 13.9. The van der Waals surface area contributed by atoms with E-state index in [0.717, 1.165) is 4.57 Å². The molecule has 0 fully saturated rings. The monoisotopic (exact) mass is 413 g/mol. The summed E-state index contributed by atoms with van der Waals surface area (Å²) in [5.74, 6) is -1.41. The fourth-order valence-electron chi connectivity index (χ4n) is 3.10. The van der Waals surface area contributed by atoms with E-state index in [2.05, 4.69) is 4.98 Å². The molecule has 0 aliphatic carbocycles. The first-order valence-electron chi connectivity index (χ1n) is 8.65. The van der Waals surface area contributed by atoms with E-state index in [0.29, 0.717) is 15.2 Å². The Morgan fingerprint density at radius 2 is 1.76 bits per heavy atom. The number of aromatic nitrogens is 2. The van der Waals surface area contributed by atoms with Gasteiger partial charge in [-0.3, -0.25) is 19.0 Å². The maximum absolute atomic E-state index is 12.4. The van der Waals surface area contributed by atoms with E-state index in [1.165, 1.54) is 24.5 Å². The number of carbonyl (C=O) groups is 2. The Labute approximate surface area is 165 Å². The highest BCUT2D eigenvalue weighted by molar-refractivity contribution is 7.90. The van der Waals surface area contributed by atoms with Gasteiger partial charge in [-0.2, -0.15) is 0 Å². The molecule has 0 bridgehead atoms. The molecule has 148 valence electrons. The summed E-state index contributed by atoms with van der Waals surface area (Å²) >= 11 is 0. The van der Waals surface area contributed by atoms with Crippen LogP contribution in [-0.4, -0.2) is 47.3 Å². The molecule has 0 saturated heterocycles. The van der Waals surface area contributed by atoms with Gasteiger partial charge in [0.25, 0.3) is 21.5 Å². The topological polar surface area (TPSA) is 116 Å². The van der Waals surface area contributed by atoms with Crippen molar-refractivity contribution in [3.63, 3.8) is 0 Å². The Morgan fingerprint density at radius 1 is 1.03 bits per heavy atom. The number of benzene rings is 2. The third-order valence-electron chi connectivity index (χ3n) is 4.50. The van der Waals surface area contributed by atoms with Crippen molar-refractivity contribution in [2.24, 2.45) is 0 Å². The number of carbonyl (C=O) groups excluding carboxylic acids is 2. The van der Waals surface area contributed by atoms with Crippen molar-refractivity contribution in [1.82, 2.24) is 13.9 Å². The number of fused-ring (bicyclic) bond motifs is 2. The van der Waals surface area contributed by atoms with Gasteiger partial charge >= 0.3 is 5.97 Å². The third kappa shape index (κ3) is 3.27. The highest BCUT2D eigenvalue weighted by atomic mass is 32.2. The van der Waals surface area contributed by atoms with Crippen LogP contribution in [0.1, 0.15) is 10.4 Å². The van der Waals surface area contributed by atoms with Gasteiger partial charge in [-0.1, -0.05) is 24.3 Å². The van der Waals surface area contributed by atoms with Crippen molar-refractivity contribution >= 4 is 32.8 Å². The lowest BCUT2D eigenvalue weighted by molar-refractivity contribution is -0.144. The van der Waals surface area contributed by atoms with Crippen molar-refractivity contribution in [2.45, 2.75) is 11.4 Å². The van der Waals surface area contributed by atoms with Crippen molar-refractivity contribution < 1.29 is 22.7 Å². The predicted molar refractivity (Wildman–Crippen MR) is 102 cm³/mol. The molecule has 10 heteroatoms. The Kier molecular flexibility index (Phi) is 4.63. The van der Waals surface area contributed by atoms with E-state index in [9.17, 15) is 22.8 Å². The van der Waals surface area contributed by atoms with Crippen LogP contribution in [0.2, 0.25) is 0 Å². The second kappa shape index (κ2) is 7.13. The highest BCUT2D eigenvalue weighted by Gasteiger charge is 2.40. The maximum Gasteiger partial charge on any atom is 0.326 e. The molecule has 0 N–H and O–H groups in total. The lowest BCUT2D eigenvalue weighted by atomic mass is 10.2. The maximum atomic E-state index is 12.4. The standard InChI is InChI=1S/C19H15N3O6S/c23-17(11-21-12-20-15-7-3-1-5-13(15)18(21)24)28-10-9-22-19(25)14-6-2-4-8-16(14)29(22,26)27/h1-8,12H,9-11H2. The lowest BCUT2D eigenvalue weighted by Crippen LogP contribution is -2.34. The van der Waals surface area contributed by atoms with Gasteiger partial charge in [-0.05, 0) is 24.3 Å². The molecule has 1 aromatic heterocycles. The van der Waals surface area contributed by atoms with Crippen LogP contribution in [0.4, 0.5) is 0 Å². The van der Waals surface area contributed by atoms with Gasteiger partial charge in [0.15, 0.2) is 0 Å². The fraction of sp³-hybridized carbons (Fsp3) is 0.158. The van der Waals surface area contributed by atoms with Crippen molar-refractivity contribution in [1.29, 1.82) is 0 Å². The average Bonchev–Trinajstić information content (AvgIpc) is 2.91. The molecular formula is C19H15N3O6S. The van der Waals surface area contributed by atoms with Crippen molar-refractivity contribution in [2.75, 3.05) is 13.2 Å². The van der Waals surface area contributed by atoms with E-state index in [4.69, 9.17) is 4.74 Å².